The van der Waals surface area contributed by atoms with Gasteiger partial charge in [0.15, 0.2) is 0 Å². The van der Waals surface area contributed by atoms with Crippen molar-refractivity contribution >= 4 is 17.6 Å². The van der Waals surface area contributed by atoms with Gasteiger partial charge in [-0.2, -0.15) is 11.8 Å². The van der Waals surface area contributed by atoms with E-state index in [1.807, 2.05) is 24.8 Å². The number of hydrogen-bond donors (Lipinski definition) is 2. The molecule has 1 saturated heterocycles. The second-order valence-electron chi connectivity index (χ2n) is 5.36. The van der Waals surface area contributed by atoms with Crippen LogP contribution in [0.2, 0.25) is 0 Å². The minimum absolute atomic E-state index is 0.703. The molecule has 0 saturated carbocycles. The van der Waals surface area contributed by atoms with Gasteiger partial charge in [-0.25, -0.2) is 9.97 Å². The smallest absolute Gasteiger partial charge is 0.130 e. The molecule has 1 aromatic rings. The van der Waals surface area contributed by atoms with Crippen molar-refractivity contribution in [2.24, 2.45) is 0 Å². The van der Waals surface area contributed by atoms with Crippen molar-refractivity contribution in [3.8, 4) is 0 Å². The van der Waals surface area contributed by atoms with Crippen LogP contribution in [0.1, 0.15) is 37.7 Å². The molecule has 0 aliphatic carbocycles. The summed E-state index contributed by atoms with van der Waals surface area (Å²) in [6.07, 6.45) is 4.62. The van der Waals surface area contributed by atoms with Crippen LogP contribution < -0.4 is 10.6 Å². The van der Waals surface area contributed by atoms with Crippen molar-refractivity contribution in [2.75, 3.05) is 29.9 Å². The number of nitrogens with one attached hydrogen (secondary N) is 2. The van der Waals surface area contributed by atoms with E-state index in [9.17, 15) is 0 Å². The lowest BCUT2D eigenvalue weighted by Crippen LogP contribution is -2.32. The third-order valence-corrected chi connectivity index (χ3v) is 4.61. The van der Waals surface area contributed by atoms with E-state index in [-0.39, 0.29) is 0 Å². The predicted octanol–water partition coefficient (Wildman–Crippen LogP) is 2.63. The Balaban J connectivity index is 1.74. The van der Waals surface area contributed by atoms with E-state index in [4.69, 9.17) is 0 Å². The van der Waals surface area contributed by atoms with Gasteiger partial charge in [0.05, 0.1) is 0 Å². The Kier molecular flexibility index (Phi) is 6.60. The summed E-state index contributed by atoms with van der Waals surface area (Å²) in [5.41, 5.74) is 1.05. The largest absolute Gasteiger partial charge is 0.369 e. The molecule has 0 bridgehead atoms. The second kappa shape index (κ2) is 8.47. The number of rotatable bonds is 8. The Morgan fingerprint density at radius 2 is 2.25 bits per heavy atom. The first-order valence-corrected chi connectivity index (χ1v) is 8.83. The number of hydrogen-bond acceptors (Lipinski definition) is 5. The lowest BCUT2D eigenvalue weighted by Gasteiger charge is -2.12. The summed E-state index contributed by atoms with van der Waals surface area (Å²) in [5, 5.41) is 6.99. The van der Waals surface area contributed by atoms with Gasteiger partial charge in [-0.15, -0.1) is 0 Å². The molecule has 0 spiro atoms. The molecule has 4 nitrogen and oxygen atoms in total. The SMILES string of the molecule is CCCCc1nc(C)cc(NCCN[C@@H]2CCSC2)n1. The van der Waals surface area contributed by atoms with Crippen LogP contribution in [0, 0.1) is 6.92 Å². The molecule has 0 radical (unpaired) electrons. The highest BCUT2D eigenvalue weighted by molar-refractivity contribution is 7.99. The van der Waals surface area contributed by atoms with E-state index in [2.05, 4.69) is 27.5 Å². The van der Waals surface area contributed by atoms with Crippen molar-refractivity contribution in [1.29, 1.82) is 0 Å². The minimum atomic E-state index is 0.703. The fraction of sp³-hybridized carbons (Fsp3) is 0.733. The molecule has 112 valence electrons. The van der Waals surface area contributed by atoms with Crippen LogP contribution >= 0.6 is 11.8 Å². The molecule has 1 aliphatic heterocycles. The highest BCUT2D eigenvalue weighted by Gasteiger charge is 2.13. The Labute approximate surface area is 126 Å². The van der Waals surface area contributed by atoms with Gasteiger partial charge >= 0.3 is 0 Å². The first kappa shape index (κ1) is 15.6. The van der Waals surface area contributed by atoms with Gasteiger partial charge in [0.1, 0.15) is 11.6 Å². The zero-order chi connectivity index (χ0) is 14.2. The highest BCUT2D eigenvalue weighted by Crippen LogP contribution is 2.16. The monoisotopic (exact) mass is 294 g/mol. The lowest BCUT2D eigenvalue weighted by atomic mass is 10.2. The van der Waals surface area contributed by atoms with Crippen LogP contribution in [0.3, 0.4) is 0 Å². The van der Waals surface area contributed by atoms with Gasteiger partial charge in [-0.1, -0.05) is 13.3 Å². The third-order valence-electron chi connectivity index (χ3n) is 3.45. The molecule has 2 N–H and O–H groups in total. The summed E-state index contributed by atoms with van der Waals surface area (Å²) in [4.78, 5) is 9.08. The number of unbranched alkanes of at least 4 members (excludes halogenated alkanes) is 1. The predicted molar refractivity (Wildman–Crippen MR) is 87.6 cm³/mol. The van der Waals surface area contributed by atoms with Crippen LogP contribution in [-0.2, 0) is 6.42 Å². The Bertz CT molecular complexity index is 405. The van der Waals surface area contributed by atoms with Gasteiger partial charge in [0.2, 0.25) is 0 Å². The quantitative estimate of drug-likeness (QED) is 0.722. The molecule has 0 amide bonds. The summed E-state index contributed by atoms with van der Waals surface area (Å²) in [6.45, 7) is 6.15. The Morgan fingerprint density at radius 1 is 1.35 bits per heavy atom. The third kappa shape index (κ3) is 5.29. The minimum Gasteiger partial charge on any atom is -0.369 e. The molecule has 1 aliphatic rings. The van der Waals surface area contributed by atoms with E-state index in [1.165, 1.54) is 24.3 Å². The van der Waals surface area contributed by atoms with Crippen molar-refractivity contribution in [3.05, 3.63) is 17.6 Å². The van der Waals surface area contributed by atoms with Crippen molar-refractivity contribution in [1.82, 2.24) is 15.3 Å². The standard InChI is InChI=1S/C15H26N4S/c1-3-4-5-14-18-12(2)10-15(19-14)17-8-7-16-13-6-9-20-11-13/h10,13,16H,3-9,11H2,1-2H3,(H,17,18,19)/t13-/m1/s1. The first-order valence-electron chi connectivity index (χ1n) is 7.67. The van der Waals surface area contributed by atoms with Gasteiger partial charge < -0.3 is 10.6 Å². The highest BCUT2D eigenvalue weighted by atomic mass is 32.2. The summed E-state index contributed by atoms with van der Waals surface area (Å²) >= 11 is 2.04. The van der Waals surface area contributed by atoms with Gasteiger partial charge in [0, 0.05) is 43.1 Å². The average Bonchev–Trinajstić information content (AvgIpc) is 2.94. The molecule has 0 unspecified atom stereocenters. The van der Waals surface area contributed by atoms with Gasteiger partial charge in [0.25, 0.3) is 0 Å². The zero-order valence-electron chi connectivity index (χ0n) is 12.6. The number of aromatic nitrogens is 2. The Morgan fingerprint density at radius 3 is 3.00 bits per heavy atom. The van der Waals surface area contributed by atoms with Gasteiger partial charge in [-0.05, 0) is 25.5 Å². The number of nitrogens with zero attached hydrogens (tertiary/aromatic N) is 2. The first-order chi connectivity index (χ1) is 9.78. The molecule has 1 atom stereocenters. The molecule has 5 heteroatoms. The van der Waals surface area contributed by atoms with Crippen LogP contribution in [-0.4, -0.2) is 40.6 Å². The Hall–Kier alpha value is -0.810. The topological polar surface area (TPSA) is 49.8 Å². The fourth-order valence-corrected chi connectivity index (χ4v) is 3.52. The fourth-order valence-electron chi connectivity index (χ4n) is 2.33. The van der Waals surface area contributed by atoms with Crippen molar-refractivity contribution < 1.29 is 0 Å². The molecule has 2 heterocycles. The van der Waals surface area contributed by atoms with E-state index in [0.29, 0.717) is 6.04 Å². The van der Waals surface area contributed by atoms with Gasteiger partial charge in [-0.3, -0.25) is 0 Å². The lowest BCUT2D eigenvalue weighted by molar-refractivity contribution is 0.570. The summed E-state index contributed by atoms with van der Waals surface area (Å²) in [7, 11) is 0. The van der Waals surface area contributed by atoms with Crippen LogP contribution in [0.5, 0.6) is 0 Å². The summed E-state index contributed by atoms with van der Waals surface area (Å²) < 4.78 is 0. The van der Waals surface area contributed by atoms with E-state index < -0.39 is 0 Å². The second-order valence-corrected chi connectivity index (χ2v) is 6.51. The normalized spacial score (nSPS) is 18.4. The molecule has 0 aromatic carbocycles. The van der Waals surface area contributed by atoms with Crippen molar-refractivity contribution in [3.63, 3.8) is 0 Å². The molecule has 1 fully saturated rings. The average molecular weight is 294 g/mol. The van der Waals surface area contributed by atoms with E-state index in [1.54, 1.807) is 0 Å². The maximum absolute atomic E-state index is 4.59. The number of thioether (sulfide) groups is 1. The molecule has 1 aromatic heterocycles. The van der Waals surface area contributed by atoms with Crippen LogP contribution in [0.25, 0.3) is 0 Å². The number of anilines is 1. The van der Waals surface area contributed by atoms with Crippen LogP contribution in [0.15, 0.2) is 6.07 Å². The zero-order valence-corrected chi connectivity index (χ0v) is 13.4. The maximum Gasteiger partial charge on any atom is 0.130 e. The summed E-state index contributed by atoms with van der Waals surface area (Å²) in [5.74, 6) is 4.49. The van der Waals surface area contributed by atoms with Crippen molar-refractivity contribution in [2.45, 2.75) is 45.6 Å². The van der Waals surface area contributed by atoms with E-state index >= 15 is 0 Å². The van der Waals surface area contributed by atoms with E-state index in [0.717, 1.165) is 43.3 Å². The number of aryl methyl sites for hydroxylation is 2. The molecule has 20 heavy (non-hydrogen) atoms. The summed E-state index contributed by atoms with van der Waals surface area (Å²) in [6, 6.07) is 2.73. The van der Waals surface area contributed by atoms with Crippen LogP contribution in [0.4, 0.5) is 5.82 Å². The molecule has 2 rings (SSSR count). The maximum atomic E-state index is 4.59. The molecular weight excluding hydrogens is 268 g/mol. The molecular formula is C15H26N4S.